The summed E-state index contributed by atoms with van der Waals surface area (Å²) in [5.74, 6) is 1.19. The van der Waals surface area contributed by atoms with Crippen LogP contribution in [0, 0.1) is 13.8 Å². The summed E-state index contributed by atoms with van der Waals surface area (Å²) in [4.78, 5) is 32.8. The van der Waals surface area contributed by atoms with Gasteiger partial charge in [0.05, 0.1) is 11.0 Å². The molecule has 1 fully saturated rings. The van der Waals surface area contributed by atoms with E-state index in [4.69, 9.17) is 0 Å². The number of carbonyl (C=O) groups excluding carboxylic acids is 1. The molecule has 0 saturated carbocycles. The predicted molar refractivity (Wildman–Crippen MR) is 124 cm³/mol. The summed E-state index contributed by atoms with van der Waals surface area (Å²) in [6.45, 7) is 5.66. The highest BCUT2D eigenvalue weighted by molar-refractivity contribution is 5.97. The van der Waals surface area contributed by atoms with Crippen LogP contribution in [-0.4, -0.2) is 43.8 Å². The van der Waals surface area contributed by atoms with Crippen molar-refractivity contribution in [3.63, 3.8) is 0 Å². The molecule has 6 nitrogen and oxygen atoms in total. The van der Waals surface area contributed by atoms with E-state index in [0.29, 0.717) is 11.5 Å². The molecule has 0 bridgehead atoms. The molecular weight excluding hydrogens is 398 g/mol. The molecule has 5 rings (SSSR count). The zero-order chi connectivity index (χ0) is 22.1. The van der Waals surface area contributed by atoms with Gasteiger partial charge in [-0.3, -0.25) is 14.8 Å². The van der Waals surface area contributed by atoms with Crippen molar-refractivity contribution in [2.24, 2.45) is 0 Å². The van der Waals surface area contributed by atoms with Crippen molar-refractivity contribution < 1.29 is 4.79 Å². The lowest BCUT2D eigenvalue weighted by atomic mass is 9.91. The highest BCUT2D eigenvalue weighted by atomic mass is 16.2. The van der Waals surface area contributed by atoms with E-state index in [1.807, 2.05) is 41.6 Å². The van der Waals surface area contributed by atoms with E-state index in [0.717, 1.165) is 53.9 Å². The van der Waals surface area contributed by atoms with E-state index in [9.17, 15) is 4.79 Å². The molecular formula is C26H25N5O. The minimum absolute atomic E-state index is 0.0533. The molecule has 0 radical (unpaired) electrons. The molecule has 160 valence electrons. The Balaban J connectivity index is 1.26. The number of rotatable bonds is 3. The van der Waals surface area contributed by atoms with Gasteiger partial charge in [-0.15, -0.1) is 0 Å². The average Bonchev–Trinajstić information content (AvgIpc) is 2.85. The van der Waals surface area contributed by atoms with Crippen molar-refractivity contribution in [1.82, 2.24) is 24.8 Å². The van der Waals surface area contributed by atoms with E-state index in [1.54, 1.807) is 12.4 Å². The molecule has 1 aliphatic rings. The Morgan fingerprint density at radius 3 is 2.38 bits per heavy atom. The van der Waals surface area contributed by atoms with Crippen LogP contribution in [0.1, 0.15) is 45.8 Å². The van der Waals surface area contributed by atoms with Gasteiger partial charge in [0, 0.05) is 49.0 Å². The van der Waals surface area contributed by atoms with Crippen molar-refractivity contribution in [3.05, 3.63) is 83.4 Å². The van der Waals surface area contributed by atoms with Crippen LogP contribution in [-0.2, 0) is 0 Å². The maximum absolute atomic E-state index is 13.0. The van der Waals surface area contributed by atoms with Gasteiger partial charge in [0.15, 0.2) is 5.82 Å². The minimum Gasteiger partial charge on any atom is -0.339 e. The van der Waals surface area contributed by atoms with E-state index < -0.39 is 0 Å². The maximum atomic E-state index is 13.0. The van der Waals surface area contributed by atoms with Gasteiger partial charge < -0.3 is 4.90 Å². The summed E-state index contributed by atoms with van der Waals surface area (Å²) < 4.78 is 0. The molecule has 32 heavy (non-hydrogen) atoms. The number of piperidine rings is 1. The van der Waals surface area contributed by atoms with Gasteiger partial charge in [-0.05, 0) is 67.5 Å². The maximum Gasteiger partial charge on any atom is 0.253 e. The van der Waals surface area contributed by atoms with Gasteiger partial charge in [0.1, 0.15) is 0 Å². The molecule has 6 heteroatoms. The van der Waals surface area contributed by atoms with Crippen LogP contribution in [0.15, 0.2) is 61.2 Å². The van der Waals surface area contributed by atoms with Gasteiger partial charge in [-0.2, -0.15) is 0 Å². The van der Waals surface area contributed by atoms with Crippen molar-refractivity contribution in [2.45, 2.75) is 32.6 Å². The zero-order valence-corrected chi connectivity index (χ0v) is 18.3. The Hall–Kier alpha value is -3.67. The number of benzene rings is 2. The van der Waals surface area contributed by atoms with Crippen LogP contribution in [0.25, 0.3) is 22.4 Å². The molecule has 0 spiro atoms. The molecule has 3 heterocycles. The number of likely N-dealkylation sites (tertiary alicyclic amines) is 1. The Kier molecular flexibility index (Phi) is 5.35. The van der Waals surface area contributed by atoms with E-state index in [2.05, 4.69) is 45.9 Å². The second-order valence-corrected chi connectivity index (χ2v) is 8.41. The van der Waals surface area contributed by atoms with Crippen LogP contribution in [0.4, 0.5) is 0 Å². The van der Waals surface area contributed by atoms with Crippen molar-refractivity contribution >= 4 is 16.9 Å². The third kappa shape index (κ3) is 3.84. The first kappa shape index (κ1) is 20.2. The predicted octanol–water partition coefficient (Wildman–Crippen LogP) is 4.72. The summed E-state index contributed by atoms with van der Waals surface area (Å²) >= 11 is 0. The number of carbonyl (C=O) groups is 1. The number of fused-ring (bicyclic) bond motifs is 1. The van der Waals surface area contributed by atoms with Crippen LogP contribution in [0.3, 0.4) is 0 Å². The molecule has 1 saturated heterocycles. The molecule has 2 aromatic carbocycles. The van der Waals surface area contributed by atoms with Gasteiger partial charge in [-0.1, -0.05) is 18.2 Å². The fourth-order valence-corrected chi connectivity index (χ4v) is 4.38. The number of amides is 1. The van der Waals surface area contributed by atoms with Crippen LogP contribution >= 0.6 is 0 Å². The van der Waals surface area contributed by atoms with E-state index >= 15 is 0 Å². The zero-order valence-electron chi connectivity index (χ0n) is 18.3. The monoisotopic (exact) mass is 423 g/mol. The van der Waals surface area contributed by atoms with E-state index in [-0.39, 0.29) is 5.91 Å². The van der Waals surface area contributed by atoms with Gasteiger partial charge in [-0.25, -0.2) is 9.97 Å². The number of hydrogen-bond donors (Lipinski definition) is 0. The van der Waals surface area contributed by atoms with Crippen molar-refractivity contribution in [2.75, 3.05) is 13.1 Å². The summed E-state index contributed by atoms with van der Waals surface area (Å²) in [6.07, 6.45) is 9.03. The Bertz CT molecular complexity index is 1280. The minimum atomic E-state index is 0.0533. The Labute approximate surface area is 187 Å². The fourth-order valence-electron chi connectivity index (χ4n) is 4.38. The number of hydrogen-bond acceptors (Lipinski definition) is 5. The second-order valence-electron chi connectivity index (χ2n) is 8.41. The Morgan fingerprint density at radius 2 is 1.62 bits per heavy atom. The van der Waals surface area contributed by atoms with Gasteiger partial charge >= 0.3 is 0 Å². The summed E-state index contributed by atoms with van der Waals surface area (Å²) in [6, 6.07) is 11.7. The normalized spacial score (nSPS) is 14.6. The molecule has 0 N–H and O–H groups in total. The topological polar surface area (TPSA) is 71.9 Å². The molecule has 0 atom stereocenters. The van der Waals surface area contributed by atoms with Gasteiger partial charge in [0.2, 0.25) is 0 Å². The lowest BCUT2D eigenvalue weighted by Gasteiger charge is -2.32. The van der Waals surface area contributed by atoms with Gasteiger partial charge in [0.25, 0.3) is 5.91 Å². The summed E-state index contributed by atoms with van der Waals surface area (Å²) in [5.41, 5.74) is 6.89. The van der Waals surface area contributed by atoms with Crippen LogP contribution < -0.4 is 0 Å². The number of aryl methyl sites for hydroxylation is 1. The first-order chi connectivity index (χ1) is 15.6. The highest BCUT2D eigenvalue weighted by Gasteiger charge is 2.25. The average molecular weight is 424 g/mol. The SMILES string of the molecule is Cc1cccc(-c2ncc(C3CCN(C(=O)c4ccc5nccnc5c4)CC3)cn2)c1C. The molecule has 0 unspecified atom stereocenters. The molecule has 4 aromatic rings. The van der Waals surface area contributed by atoms with E-state index in [1.165, 1.54) is 11.1 Å². The molecule has 1 aliphatic heterocycles. The third-order valence-electron chi connectivity index (χ3n) is 6.49. The first-order valence-electron chi connectivity index (χ1n) is 11.0. The lowest BCUT2D eigenvalue weighted by Crippen LogP contribution is -2.38. The first-order valence-corrected chi connectivity index (χ1v) is 11.0. The Morgan fingerprint density at radius 1 is 0.906 bits per heavy atom. The largest absolute Gasteiger partial charge is 0.339 e. The van der Waals surface area contributed by atoms with Crippen molar-refractivity contribution in [1.29, 1.82) is 0 Å². The molecule has 1 amide bonds. The third-order valence-corrected chi connectivity index (χ3v) is 6.49. The summed E-state index contributed by atoms with van der Waals surface area (Å²) in [7, 11) is 0. The molecule has 0 aliphatic carbocycles. The number of nitrogens with zero attached hydrogens (tertiary/aromatic N) is 5. The van der Waals surface area contributed by atoms with Crippen LogP contribution in [0.2, 0.25) is 0 Å². The number of aromatic nitrogens is 4. The fraction of sp³-hybridized carbons (Fsp3) is 0.269. The summed E-state index contributed by atoms with van der Waals surface area (Å²) in [5, 5.41) is 0. The standard InChI is InChI=1S/C26H25N5O/c1-17-4-3-5-22(18(17)2)25-29-15-21(16-30-25)19-8-12-31(13-9-19)26(32)20-6-7-23-24(14-20)28-11-10-27-23/h3-7,10-11,14-16,19H,8-9,12-13H2,1-2H3. The second kappa shape index (κ2) is 8.46. The quantitative estimate of drug-likeness (QED) is 0.477. The van der Waals surface area contributed by atoms with Crippen molar-refractivity contribution in [3.8, 4) is 11.4 Å². The smallest absolute Gasteiger partial charge is 0.253 e. The highest BCUT2D eigenvalue weighted by Crippen LogP contribution is 2.29. The molecule has 2 aromatic heterocycles. The lowest BCUT2D eigenvalue weighted by molar-refractivity contribution is 0.0713. The van der Waals surface area contributed by atoms with Crippen LogP contribution in [0.5, 0.6) is 0 Å².